The van der Waals surface area contributed by atoms with Crippen molar-refractivity contribution in [3.63, 3.8) is 0 Å². The van der Waals surface area contributed by atoms with Gasteiger partial charge in [-0.1, -0.05) is 42.1 Å². The summed E-state index contributed by atoms with van der Waals surface area (Å²) in [6, 6.07) is 16.2. The molecule has 4 rings (SSSR count). The number of nitrogens with zero attached hydrogens (tertiary/aromatic N) is 4. The van der Waals surface area contributed by atoms with Crippen molar-refractivity contribution in [1.29, 1.82) is 0 Å². The normalized spacial score (nSPS) is 15.9. The van der Waals surface area contributed by atoms with Crippen LogP contribution in [0.3, 0.4) is 0 Å². The molecule has 0 N–H and O–H groups in total. The van der Waals surface area contributed by atoms with Crippen LogP contribution in [0.5, 0.6) is 0 Å². The number of benzene rings is 2. The van der Waals surface area contributed by atoms with Crippen LogP contribution in [-0.2, 0) is 11.3 Å². The summed E-state index contributed by atoms with van der Waals surface area (Å²) in [6.07, 6.45) is 0. The van der Waals surface area contributed by atoms with Crippen molar-refractivity contribution in [2.75, 3.05) is 26.2 Å². The fraction of sp³-hybridized carbons (Fsp3) is 0.318. The lowest BCUT2D eigenvalue weighted by Gasteiger charge is -2.35. The molecule has 1 atom stereocenters. The molecule has 0 bridgehead atoms. The van der Waals surface area contributed by atoms with Gasteiger partial charge in [-0.05, 0) is 36.8 Å². The maximum atomic E-state index is 13.1. The van der Waals surface area contributed by atoms with Crippen LogP contribution in [0.2, 0.25) is 0 Å². The highest BCUT2D eigenvalue weighted by molar-refractivity contribution is 8.00. The zero-order valence-electron chi connectivity index (χ0n) is 16.7. The van der Waals surface area contributed by atoms with Gasteiger partial charge in [0, 0.05) is 38.3 Å². The summed E-state index contributed by atoms with van der Waals surface area (Å²) in [5.74, 6) is 0.0588. The molecule has 0 radical (unpaired) electrons. The molecule has 1 aromatic heterocycles. The van der Waals surface area contributed by atoms with Gasteiger partial charge in [-0.25, -0.2) is 4.39 Å². The fourth-order valence-corrected chi connectivity index (χ4v) is 4.16. The molecule has 6 nitrogen and oxygen atoms in total. The molecule has 1 amide bonds. The molecular weight excluding hydrogens is 403 g/mol. The maximum absolute atomic E-state index is 13.1. The van der Waals surface area contributed by atoms with Crippen LogP contribution in [0, 0.1) is 5.82 Å². The van der Waals surface area contributed by atoms with Crippen LogP contribution in [0.1, 0.15) is 12.5 Å². The number of amides is 1. The Morgan fingerprint density at radius 2 is 1.77 bits per heavy atom. The Morgan fingerprint density at radius 3 is 2.47 bits per heavy atom. The zero-order valence-corrected chi connectivity index (χ0v) is 17.5. The Kier molecular flexibility index (Phi) is 6.44. The van der Waals surface area contributed by atoms with E-state index < -0.39 is 0 Å². The van der Waals surface area contributed by atoms with E-state index in [4.69, 9.17) is 4.42 Å². The highest BCUT2D eigenvalue weighted by atomic mass is 32.2. The second kappa shape index (κ2) is 9.40. The van der Waals surface area contributed by atoms with Crippen LogP contribution >= 0.6 is 11.8 Å². The lowest BCUT2D eigenvalue weighted by Crippen LogP contribution is -2.50. The summed E-state index contributed by atoms with van der Waals surface area (Å²) >= 11 is 1.25. The molecule has 1 aliphatic rings. The molecule has 156 valence electrons. The summed E-state index contributed by atoms with van der Waals surface area (Å²) in [5.41, 5.74) is 1.93. The lowest BCUT2D eigenvalue weighted by molar-refractivity contribution is -0.132. The molecule has 2 aromatic carbocycles. The van der Waals surface area contributed by atoms with Gasteiger partial charge in [0.1, 0.15) is 5.82 Å². The minimum atomic E-state index is -0.327. The highest BCUT2D eigenvalue weighted by Crippen LogP contribution is 2.27. The summed E-state index contributed by atoms with van der Waals surface area (Å²) in [6.45, 7) is 5.88. The van der Waals surface area contributed by atoms with Gasteiger partial charge in [0.25, 0.3) is 5.22 Å². The molecule has 8 heteroatoms. The first-order valence-electron chi connectivity index (χ1n) is 9.89. The van der Waals surface area contributed by atoms with Crippen molar-refractivity contribution < 1.29 is 13.6 Å². The molecule has 3 aromatic rings. The fourth-order valence-electron chi connectivity index (χ4n) is 3.39. The molecule has 1 fully saturated rings. The number of rotatable bonds is 6. The van der Waals surface area contributed by atoms with Crippen LogP contribution < -0.4 is 0 Å². The largest absolute Gasteiger partial charge is 0.411 e. The van der Waals surface area contributed by atoms with Gasteiger partial charge < -0.3 is 9.32 Å². The molecule has 0 aliphatic carbocycles. The second-order valence-electron chi connectivity index (χ2n) is 7.23. The first kappa shape index (κ1) is 20.6. The predicted molar refractivity (Wildman–Crippen MR) is 113 cm³/mol. The maximum Gasteiger partial charge on any atom is 0.277 e. The number of hydrogen-bond donors (Lipinski definition) is 0. The number of piperazine rings is 1. The SMILES string of the molecule is CC(Sc1nnc(-c2ccc(F)cc2)o1)C(=O)N1CCN(Cc2ccccc2)CC1. The molecule has 2 heterocycles. The quantitative estimate of drug-likeness (QED) is 0.560. The first-order chi connectivity index (χ1) is 14.6. The van der Waals surface area contributed by atoms with E-state index in [2.05, 4.69) is 27.2 Å². The Morgan fingerprint density at radius 1 is 1.07 bits per heavy atom. The van der Waals surface area contributed by atoms with Crippen LogP contribution in [0.4, 0.5) is 4.39 Å². The van der Waals surface area contributed by atoms with Crippen molar-refractivity contribution in [3.05, 3.63) is 66.0 Å². The van der Waals surface area contributed by atoms with Crippen molar-refractivity contribution >= 4 is 17.7 Å². The van der Waals surface area contributed by atoms with Gasteiger partial charge in [-0.3, -0.25) is 9.69 Å². The average molecular weight is 427 g/mol. The van der Waals surface area contributed by atoms with E-state index >= 15 is 0 Å². The number of carbonyl (C=O) groups is 1. The molecule has 1 aliphatic heterocycles. The number of halogens is 1. The van der Waals surface area contributed by atoms with E-state index in [0.717, 1.165) is 19.6 Å². The minimum Gasteiger partial charge on any atom is -0.411 e. The smallest absolute Gasteiger partial charge is 0.277 e. The molecule has 1 unspecified atom stereocenters. The highest BCUT2D eigenvalue weighted by Gasteiger charge is 2.27. The van der Waals surface area contributed by atoms with E-state index in [1.807, 2.05) is 30.0 Å². The van der Waals surface area contributed by atoms with Gasteiger partial charge in [0.15, 0.2) is 0 Å². The van der Waals surface area contributed by atoms with Crippen molar-refractivity contribution in [2.45, 2.75) is 23.9 Å². The third kappa shape index (κ3) is 5.06. The zero-order chi connectivity index (χ0) is 20.9. The Labute approximate surface area is 179 Å². The summed E-state index contributed by atoms with van der Waals surface area (Å²) < 4.78 is 18.7. The number of aromatic nitrogens is 2. The van der Waals surface area contributed by atoms with E-state index in [0.29, 0.717) is 29.8 Å². The Bertz CT molecular complexity index is 972. The average Bonchev–Trinajstić information content (AvgIpc) is 3.23. The van der Waals surface area contributed by atoms with Crippen molar-refractivity contribution in [1.82, 2.24) is 20.0 Å². The Balaban J connectivity index is 1.29. The molecular formula is C22H23FN4O2S. The van der Waals surface area contributed by atoms with Gasteiger partial charge in [-0.15, -0.1) is 10.2 Å². The van der Waals surface area contributed by atoms with Crippen molar-refractivity contribution in [3.8, 4) is 11.5 Å². The van der Waals surface area contributed by atoms with E-state index in [1.165, 1.54) is 29.5 Å². The number of thioether (sulfide) groups is 1. The summed E-state index contributed by atoms with van der Waals surface area (Å²) in [4.78, 5) is 17.1. The molecule has 0 saturated carbocycles. The van der Waals surface area contributed by atoms with Gasteiger partial charge in [0.2, 0.25) is 11.8 Å². The Hall–Kier alpha value is -2.71. The third-order valence-corrected chi connectivity index (χ3v) is 5.98. The van der Waals surface area contributed by atoms with Crippen LogP contribution in [-0.4, -0.2) is 57.3 Å². The van der Waals surface area contributed by atoms with Crippen molar-refractivity contribution in [2.24, 2.45) is 0 Å². The molecule has 1 saturated heterocycles. The van der Waals surface area contributed by atoms with Gasteiger partial charge in [-0.2, -0.15) is 0 Å². The standard InChI is InChI=1S/C22H23FN4O2S/c1-16(30-22-25-24-20(29-22)18-7-9-19(23)10-8-18)21(28)27-13-11-26(12-14-27)15-17-5-3-2-4-6-17/h2-10,16H,11-15H2,1H3. The lowest BCUT2D eigenvalue weighted by atomic mass is 10.2. The van der Waals surface area contributed by atoms with E-state index in [9.17, 15) is 9.18 Å². The third-order valence-electron chi connectivity index (χ3n) is 5.06. The minimum absolute atomic E-state index is 0.0703. The summed E-state index contributed by atoms with van der Waals surface area (Å²) in [7, 11) is 0. The van der Waals surface area contributed by atoms with Gasteiger partial charge in [0.05, 0.1) is 5.25 Å². The van der Waals surface area contributed by atoms with E-state index in [1.54, 1.807) is 12.1 Å². The van der Waals surface area contributed by atoms with E-state index in [-0.39, 0.29) is 17.0 Å². The number of hydrogen-bond acceptors (Lipinski definition) is 6. The second-order valence-corrected chi connectivity index (χ2v) is 8.52. The topological polar surface area (TPSA) is 62.5 Å². The predicted octanol–water partition coefficient (Wildman–Crippen LogP) is 3.70. The van der Waals surface area contributed by atoms with Crippen LogP contribution in [0.25, 0.3) is 11.5 Å². The summed E-state index contributed by atoms with van der Waals surface area (Å²) in [5, 5.41) is 8.02. The monoisotopic (exact) mass is 426 g/mol. The molecule has 0 spiro atoms. The van der Waals surface area contributed by atoms with Crippen LogP contribution in [0.15, 0.2) is 64.2 Å². The molecule has 30 heavy (non-hydrogen) atoms. The van der Waals surface area contributed by atoms with Gasteiger partial charge >= 0.3 is 0 Å². The first-order valence-corrected chi connectivity index (χ1v) is 10.8. The number of carbonyl (C=O) groups excluding carboxylic acids is 1.